The van der Waals surface area contributed by atoms with Crippen LogP contribution in [0.25, 0.3) is 11.4 Å². The Labute approximate surface area is 135 Å². The average Bonchev–Trinajstić information content (AvgIpc) is 3.30. The maximum atomic E-state index is 8.88. The van der Waals surface area contributed by atoms with Crippen molar-refractivity contribution in [1.29, 1.82) is 0 Å². The summed E-state index contributed by atoms with van der Waals surface area (Å²) < 4.78 is 13.7. The van der Waals surface area contributed by atoms with Crippen LogP contribution in [0.1, 0.15) is 19.3 Å². The van der Waals surface area contributed by atoms with Crippen molar-refractivity contribution in [2.75, 3.05) is 13.2 Å². The first-order chi connectivity index (χ1) is 11.3. The second kappa shape index (κ2) is 6.34. The molecule has 5 nitrogen and oxygen atoms in total. The van der Waals surface area contributed by atoms with Crippen LogP contribution < -0.4 is 4.74 Å². The fourth-order valence-electron chi connectivity index (χ4n) is 3.79. The van der Waals surface area contributed by atoms with Crippen molar-refractivity contribution in [2.45, 2.75) is 38.0 Å². The first kappa shape index (κ1) is 14.7. The monoisotopic (exact) mass is 314 g/mol. The highest BCUT2D eigenvalue weighted by Crippen LogP contribution is 2.40. The summed E-state index contributed by atoms with van der Waals surface area (Å²) in [5, 5.41) is 8.88. The van der Waals surface area contributed by atoms with E-state index < -0.39 is 0 Å². The van der Waals surface area contributed by atoms with Gasteiger partial charge < -0.3 is 19.1 Å². The van der Waals surface area contributed by atoms with E-state index in [1.54, 1.807) is 0 Å². The quantitative estimate of drug-likeness (QED) is 0.890. The predicted octanol–water partition coefficient (Wildman–Crippen LogP) is 2.49. The summed E-state index contributed by atoms with van der Waals surface area (Å²) in [7, 11) is 0. The number of rotatable bonds is 6. The number of ether oxygens (including phenoxy) is 2. The van der Waals surface area contributed by atoms with Gasteiger partial charge in [-0.1, -0.05) is 12.1 Å². The van der Waals surface area contributed by atoms with Crippen LogP contribution in [0, 0.1) is 5.92 Å². The minimum atomic E-state index is 0.0170. The lowest BCUT2D eigenvalue weighted by atomic mass is 9.89. The van der Waals surface area contributed by atoms with E-state index in [2.05, 4.69) is 9.55 Å². The molecule has 2 aliphatic rings. The molecule has 0 saturated carbocycles. The van der Waals surface area contributed by atoms with Crippen molar-refractivity contribution < 1.29 is 14.6 Å². The van der Waals surface area contributed by atoms with Crippen LogP contribution in [0.15, 0.2) is 36.7 Å². The van der Waals surface area contributed by atoms with E-state index >= 15 is 0 Å². The molecule has 0 radical (unpaired) electrons. The van der Waals surface area contributed by atoms with Crippen molar-refractivity contribution in [3.05, 3.63) is 36.7 Å². The lowest BCUT2D eigenvalue weighted by Gasteiger charge is -2.20. The van der Waals surface area contributed by atoms with Gasteiger partial charge in [0.2, 0.25) is 0 Å². The molecule has 2 saturated heterocycles. The molecule has 0 aliphatic carbocycles. The van der Waals surface area contributed by atoms with Crippen LogP contribution in [0.4, 0.5) is 0 Å². The molecule has 2 aliphatic heterocycles. The number of benzene rings is 1. The summed E-state index contributed by atoms with van der Waals surface area (Å²) in [4.78, 5) is 4.53. The standard InChI is InChI=1S/C18H22N2O3/c21-8-9-22-15-3-1-2-13(10-15)18-19-6-7-20(18)12-14-11-16-4-5-17(14)23-16/h1-3,6-7,10,14,16-17,21H,4-5,8-9,11-12H2/t14-,16-,17+/m0/s1. The molecule has 0 spiro atoms. The number of aromatic nitrogens is 2. The van der Waals surface area contributed by atoms with Gasteiger partial charge in [-0.2, -0.15) is 0 Å². The van der Waals surface area contributed by atoms with Gasteiger partial charge in [-0.05, 0) is 31.4 Å². The van der Waals surface area contributed by atoms with Gasteiger partial charge in [-0.3, -0.25) is 0 Å². The predicted molar refractivity (Wildman–Crippen MR) is 86.2 cm³/mol. The van der Waals surface area contributed by atoms with Crippen molar-refractivity contribution in [1.82, 2.24) is 9.55 Å². The van der Waals surface area contributed by atoms with Gasteiger partial charge >= 0.3 is 0 Å². The molecule has 1 N–H and O–H groups in total. The molecule has 2 bridgehead atoms. The Hall–Kier alpha value is -1.85. The topological polar surface area (TPSA) is 56.5 Å². The average molecular weight is 314 g/mol. The van der Waals surface area contributed by atoms with E-state index in [9.17, 15) is 0 Å². The van der Waals surface area contributed by atoms with Crippen LogP contribution in [0.3, 0.4) is 0 Å². The molecule has 1 aromatic carbocycles. The summed E-state index contributed by atoms with van der Waals surface area (Å²) >= 11 is 0. The number of aliphatic hydroxyl groups is 1. The first-order valence-electron chi connectivity index (χ1n) is 8.34. The minimum absolute atomic E-state index is 0.0170. The van der Waals surface area contributed by atoms with Crippen molar-refractivity contribution in [3.63, 3.8) is 0 Å². The molecule has 1 aromatic heterocycles. The van der Waals surface area contributed by atoms with Gasteiger partial charge in [0.1, 0.15) is 18.2 Å². The van der Waals surface area contributed by atoms with E-state index in [0.717, 1.165) is 23.7 Å². The number of imidazole rings is 1. The molecular weight excluding hydrogens is 292 g/mol. The minimum Gasteiger partial charge on any atom is -0.491 e. The first-order valence-corrected chi connectivity index (χ1v) is 8.34. The Morgan fingerprint density at radius 3 is 3.09 bits per heavy atom. The lowest BCUT2D eigenvalue weighted by Crippen LogP contribution is -2.21. The fraction of sp³-hybridized carbons (Fsp3) is 0.500. The molecule has 2 fully saturated rings. The molecule has 3 heterocycles. The van der Waals surface area contributed by atoms with Crippen LogP contribution >= 0.6 is 0 Å². The SMILES string of the molecule is OCCOc1cccc(-c2nccn2C[C@@H]2C[C@@H]3CC[C@H]2O3)c1. The third kappa shape index (κ3) is 2.99. The van der Waals surface area contributed by atoms with Gasteiger partial charge in [0, 0.05) is 30.4 Å². The summed E-state index contributed by atoms with van der Waals surface area (Å²) in [6.07, 6.45) is 8.39. The number of hydrogen-bond donors (Lipinski definition) is 1. The maximum absolute atomic E-state index is 8.88. The number of hydrogen-bond acceptors (Lipinski definition) is 4. The Kier molecular flexibility index (Phi) is 4.06. The van der Waals surface area contributed by atoms with Crippen molar-refractivity contribution >= 4 is 0 Å². The van der Waals surface area contributed by atoms with Gasteiger partial charge in [0.25, 0.3) is 0 Å². The number of nitrogens with zero attached hydrogens (tertiary/aromatic N) is 2. The maximum Gasteiger partial charge on any atom is 0.140 e. The summed E-state index contributed by atoms with van der Waals surface area (Å²) in [5.74, 6) is 2.31. The lowest BCUT2D eigenvalue weighted by molar-refractivity contribution is 0.0900. The third-order valence-electron chi connectivity index (χ3n) is 4.83. The second-order valence-corrected chi connectivity index (χ2v) is 6.37. The zero-order valence-corrected chi connectivity index (χ0v) is 13.1. The molecule has 0 amide bonds. The van der Waals surface area contributed by atoms with E-state index in [-0.39, 0.29) is 6.61 Å². The molecule has 0 unspecified atom stereocenters. The fourth-order valence-corrected chi connectivity index (χ4v) is 3.79. The summed E-state index contributed by atoms with van der Waals surface area (Å²) in [6, 6.07) is 7.88. The second-order valence-electron chi connectivity index (χ2n) is 6.37. The highest BCUT2D eigenvalue weighted by atomic mass is 16.5. The highest BCUT2D eigenvalue weighted by molar-refractivity contribution is 5.58. The van der Waals surface area contributed by atoms with Gasteiger partial charge in [0.05, 0.1) is 18.8 Å². The molecule has 5 heteroatoms. The summed E-state index contributed by atoms with van der Waals surface area (Å²) in [6.45, 7) is 1.28. The molecule has 4 rings (SSSR count). The zero-order chi connectivity index (χ0) is 15.6. The largest absolute Gasteiger partial charge is 0.491 e. The Morgan fingerprint density at radius 1 is 1.35 bits per heavy atom. The Morgan fingerprint density at radius 2 is 2.30 bits per heavy atom. The molecule has 122 valence electrons. The van der Waals surface area contributed by atoms with Gasteiger partial charge in [-0.15, -0.1) is 0 Å². The third-order valence-corrected chi connectivity index (χ3v) is 4.83. The smallest absolute Gasteiger partial charge is 0.140 e. The van der Waals surface area contributed by atoms with Crippen LogP contribution in [-0.4, -0.2) is 40.1 Å². The highest BCUT2D eigenvalue weighted by Gasteiger charge is 2.40. The van der Waals surface area contributed by atoms with Crippen molar-refractivity contribution in [3.8, 4) is 17.1 Å². The number of aliphatic hydroxyl groups excluding tert-OH is 1. The van der Waals surface area contributed by atoms with E-state index in [1.165, 1.54) is 19.3 Å². The molecule has 2 aromatic rings. The van der Waals surface area contributed by atoms with E-state index in [4.69, 9.17) is 14.6 Å². The molecule has 23 heavy (non-hydrogen) atoms. The number of fused-ring (bicyclic) bond motifs is 2. The van der Waals surface area contributed by atoms with Gasteiger partial charge in [-0.25, -0.2) is 4.98 Å². The Balaban J connectivity index is 1.52. The van der Waals surface area contributed by atoms with Crippen molar-refractivity contribution in [2.24, 2.45) is 5.92 Å². The van der Waals surface area contributed by atoms with Crippen LogP contribution in [-0.2, 0) is 11.3 Å². The van der Waals surface area contributed by atoms with Crippen LogP contribution in [0.5, 0.6) is 5.75 Å². The Bertz CT molecular complexity index is 670. The van der Waals surface area contributed by atoms with E-state index in [1.807, 2.05) is 36.7 Å². The summed E-state index contributed by atoms with van der Waals surface area (Å²) in [5.41, 5.74) is 1.04. The molecular formula is C18H22N2O3. The van der Waals surface area contributed by atoms with E-state index in [0.29, 0.717) is 24.7 Å². The zero-order valence-electron chi connectivity index (χ0n) is 13.1. The van der Waals surface area contributed by atoms with Crippen LogP contribution in [0.2, 0.25) is 0 Å². The molecule has 3 atom stereocenters. The normalized spacial score (nSPS) is 25.9. The van der Waals surface area contributed by atoms with Gasteiger partial charge in [0.15, 0.2) is 0 Å².